The zero-order chi connectivity index (χ0) is 20.5. The molecule has 3 aromatic heterocycles. The number of amides is 1. The molecule has 7 heteroatoms. The number of aryl methyl sites for hydroxylation is 1. The standard InChI is InChI=1S/C22H27N5O2/c1-15(2)18-12-20(28)26(14-23-18)13-17-7-10-25(11-8-17)22(29)21-16(3)24-19-6-4-5-9-27(19)21/h4-6,9,12,14-15,17H,7-8,10-11,13H2,1-3H3. The number of rotatable bonds is 4. The van der Waals surface area contributed by atoms with Crippen molar-refractivity contribution < 1.29 is 4.79 Å². The molecule has 0 N–H and O–H groups in total. The van der Waals surface area contributed by atoms with Gasteiger partial charge in [-0.2, -0.15) is 0 Å². The number of carbonyl (C=O) groups is 1. The van der Waals surface area contributed by atoms with Crippen molar-refractivity contribution >= 4 is 11.6 Å². The average Bonchev–Trinajstić information content (AvgIpc) is 3.05. The Morgan fingerprint density at radius 1 is 1.24 bits per heavy atom. The van der Waals surface area contributed by atoms with Gasteiger partial charge in [-0.1, -0.05) is 19.9 Å². The molecule has 1 saturated heterocycles. The zero-order valence-electron chi connectivity index (χ0n) is 17.2. The second-order valence-corrected chi connectivity index (χ2v) is 8.17. The van der Waals surface area contributed by atoms with Crippen LogP contribution >= 0.6 is 0 Å². The number of carbonyl (C=O) groups excluding carboxylic acids is 1. The van der Waals surface area contributed by atoms with E-state index in [4.69, 9.17) is 0 Å². The number of fused-ring (bicyclic) bond motifs is 1. The first kappa shape index (κ1) is 19.4. The van der Waals surface area contributed by atoms with Crippen molar-refractivity contribution in [3.05, 3.63) is 64.2 Å². The van der Waals surface area contributed by atoms with Crippen molar-refractivity contribution in [3.63, 3.8) is 0 Å². The van der Waals surface area contributed by atoms with Crippen LogP contribution in [0.3, 0.4) is 0 Å². The zero-order valence-corrected chi connectivity index (χ0v) is 17.2. The fourth-order valence-electron chi connectivity index (χ4n) is 4.01. The Bertz CT molecular complexity index is 1090. The van der Waals surface area contributed by atoms with Crippen molar-refractivity contribution in [1.29, 1.82) is 0 Å². The Morgan fingerprint density at radius 3 is 2.69 bits per heavy atom. The molecule has 0 saturated carbocycles. The van der Waals surface area contributed by atoms with Gasteiger partial charge in [0.1, 0.15) is 11.3 Å². The highest BCUT2D eigenvalue weighted by atomic mass is 16.2. The van der Waals surface area contributed by atoms with Crippen LogP contribution in [0.1, 0.15) is 54.5 Å². The summed E-state index contributed by atoms with van der Waals surface area (Å²) in [4.78, 5) is 36.3. The van der Waals surface area contributed by atoms with Gasteiger partial charge >= 0.3 is 0 Å². The molecule has 0 spiro atoms. The molecule has 0 aromatic carbocycles. The molecule has 1 aliphatic heterocycles. The van der Waals surface area contributed by atoms with Crippen LogP contribution in [0.2, 0.25) is 0 Å². The van der Waals surface area contributed by atoms with Crippen LogP contribution in [-0.4, -0.2) is 42.8 Å². The molecule has 1 aliphatic rings. The Morgan fingerprint density at radius 2 is 2.00 bits per heavy atom. The van der Waals surface area contributed by atoms with E-state index in [0.29, 0.717) is 31.2 Å². The van der Waals surface area contributed by atoms with E-state index in [2.05, 4.69) is 9.97 Å². The van der Waals surface area contributed by atoms with Gasteiger partial charge in [0, 0.05) is 31.9 Å². The highest BCUT2D eigenvalue weighted by molar-refractivity contribution is 5.94. The lowest BCUT2D eigenvalue weighted by Gasteiger charge is -2.32. The van der Waals surface area contributed by atoms with Gasteiger partial charge in [0.25, 0.3) is 11.5 Å². The van der Waals surface area contributed by atoms with Gasteiger partial charge in [0.2, 0.25) is 0 Å². The molecule has 1 amide bonds. The van der Waals surface area contributed by atoms with Gasteiger partial charge in [-0.25, -0.2) is 9.97 Å². The predicted octanol–water partition coefficient (Wildman–Crippen LogP) is 2.88. The smallest absolute Gasteiger partial charge is 0.272 e. The van der Waals surface area contributed by atoms with E-state index in [1.54, 1.807) is 17.0 Å². The summed E-state index contributed by atoms with van der Waals surface area (Å²) in [6, 6.07) is 7.38. The lowest BCUT2D eigenvalue weighted by atomic mass is 9.96. The third-order valence-corrected chi connectivity index (χ3v) is 5.76. The summed E-state index contributed by atoms with van der Waals surface area (Å²) in [5.41, 5.74) is 3.02. The second kappa shape index (κ2) is 7.81. The first-order valence-corrected chi connectivity index (χ1v) is 10.2. The Hall–Kier alpha value is -2.96. The Balaban J connectivity index is 1.42. The number of imidazole rings is 1. The third-order valence-electron chi connectivity index (χ3n) is 5.76. The van der Waals surface area contributed by atoms with Crippen LogP contribution in [0.15, 0.2) is 41.6 Å². The quantitative estimate of drug-likeness (QED) is 0.683. The molecule has 0 radical (unpaired) electrons. The molecular formula is C22H27N5O2. The molecule has 7 nitrogen and oxygen atoms in total. The summed E-state index contributed by atoms with van der Waals surface area (Å²) >= 11 is 0. The third kappa shape index (κ3) is 3.81. The van der Waals surface area contributed by atoms with E-state index in [-0.39, 0.29) is 17.4 Å². The number of nitrogens with zero attached hydrogens (tertiary/aromatic N) is 5. The van der Waals surface area contributed by atoms with Crippen molar-refractivity contribution in [2.75, 3.05) is 13.1 Å². The Kier molecular flexibility index (Phi) is 5.22. The number of likely N-dealkylation sites (tertiary alicyclic amines) is 1. The molecule has 0 unspecified atom stereocenters. The largest absolute Gasteiger partial charge is 0.337 e. The molecular weight excluding hydrogens is 366 g/mol. The minimum absolute atomic E-state index is 0.00330. The number of piperidine rings is 1. The fourth-order valence-corrected chi connectivity index (χ4v) is 4.01. The Labute approximate surface area is 170 Å². The number of pyridine rings is 1. The van der Waals surface area contributed by atoms with Gasteiger partial charge in [0.15, 0.2) is 0 Å². The van der Waals surface area contributed by atoms with E-state index in [0.717, 1.165) is 29.9 Å². The van der Waals surface area contributed by atoms with Crippen LogP contribution in [-0.2, 0) is 6.54 Å². The molecule has 152 valence electrons. The molecule has 1 fully saturated rings. The molecule has 0 aliphatic carbocycles. The second-order valence-electron chi connectivity index (χ2n) is 8.17. The SMILES string of the molecule is Cc1nc2ccccn2c1C(=O)N1CCC(Cn2cnc(C(C)C)cc2=O)CC1. The van der Waals surface area contributed by atoms with Crippen molar-refractivity contribution in [2.24, 2.45) is 5.92 Å². The molecule has 0 bridgehead atoms. The van der Waals surface area contributed by atoms with Crippen molar-refractivity contribution in [2.45, 2.75) is 46.1 Å². The summed E-state index contributed by atoms with van der Waals surface area (Å²) < 4.78 is 3.56. The molecule has 0 atom stereocenters. The minimum Gasteiger partial charge on any atom is -0.337 e. The van der Waals surface area contributed by atoms with Crippen LogP contribution in [0.25, 0.3) is 5.65 Å². The summed E-state index contributed by atoms with van der Waals surface area (Å²) in [5.74, 6) is 0.640. The van der Waals surface area contributed by atoms with Gasteiger partial charge in [-0.3, -0.25) is 18.6 Å². The van der Waals surface area contributed by atoms with Gasteiger partial charge in [-0.05, 0) is 43.7 Å². The summed E-state index contributed by atoms with van der Waals surface area (Å²) in [6.07, 6.45) is 5.30. The minimum atomic E-state index is 0.00330. The van der Waals surface area contributed by atoms with Crippen molar-refractivity contribution in [1.82, 2.24) is 23.8 Å². The maximum absolute atomic E-state index is 13.1. The molecule has 4 heterocycles. The van der Waals surface area contributed by atoms with E-state index in [1.807, 2.05) is 54.5 Å². The van der Waals surface area contributed by atoms with Crippen LogP contribution in [0.4, 0.5) is 0 Å². The lowest BCUT2D eigenvalue weighted by Crippen LogP contribution is -2.40. The highest BCUT2D eigenvalue weighted by Gasteiger charge is 2.27. The van der Waals surface area contributed by atoms with E-state index >= 15 is 0 Å². The number of hydrogen-bond donors (Lipinski definition) is 0. The summed E-state index contributed by atoms with van der Waals surface area (Å²) in [6.45, 7) is 7.98. The van der Waals surface area contributed by atoms with Crippen LogP contribution < -0.4 is 5.56 Å². The monoisotopic (exact) mass is 393 g/mol. The van der Waals surface area contributed by atoms with Crippen LogP contribution in [0.5, 0.6) is 0 Å². The van der Waals surface area contributed by atoms with E-state index in [1.165, 1.54) is 0 Å². The number of aromatic nitrogens is 4. The molecule has 29 heavy (non-hydrogen) atoms. The normalized spacial score (nSPS) is 15.4. The topological polar surface area (TPSA) is 72.5 Å². The highest BCUT2D eigenvalue weighted by Crippen LogP contribution is 2.22. The van der Waals surface area contributed by atoms with Crippen molar-refractivity contribution in [3.8, 4) is 0 Å². The van der Waals surface area contributed by atoms with Crippen LogP contribution in [0, 0.1) is 12.8 Å². The maximum atomic E-state index is 13.1. The summed E-state index contributed by atoms with van der Waals surface area (Å²) in [5, 5.41) is 0. The molecule has 4 rings (SSSR count). The van der Waals surface area contributed by atoms with Gasteiger partial charge in [0.05, 0.1) is 17.7 Å². The first-order valence-electron chi connectivity index (χ1n) is 10.2. The van der Waals surface area contributed by atoms with Gasteiger partial charge in [-0.15, -0.1) is 0 Å². The molecule has 3 aromatic rings. The lowest BCUT2D eigenvalue weighted by molar-refractivity contribution is 0.0674. The predicted molar refractivity (Wildman–Crippen MR) is 111 cm³/mol. The average molecular weight is 393 g/mol. The van der Waals surface area contributed by atoms with E-state index in [9.17, 15) is 9.59 Å². The summed E-state index contributed by atoms with van der Waals surface area (Å²) in [7, 11) is 0. The maximum Gasteiger partial charge on any atom is 0.272 e. The van der Waals surface area contributed by atoms with Gasteiger partial charge < -0.3 is 4.90 Å². The fraction of sp³-hybridized carbons (Fsp3) is 0.455. The number of hydrogen-bond acceptors (Lipinski definition) is 4. The van der Waals surface area contributed by atoms with E-state index < -0.39 is 0 Å². The first-order chi connectivity index (χ1) is 13.9.